The van der Waals surface area contributed by atoms with Gasteiger partial charge < -0.3 is 20.1 Å². The smallest absolute Gasteiger partial charge is 0.216 e. The number of methoxy groups -OCH3 is 2. The number of anilines is 1. The summed E-state index contributed by atoms with van der Waals surface area (Å²) < 4.78 is 10.4. The van der Waals surface area contributed by atoms with Gasteiger partial charge in [-0.05, 0) is 18.1 Å². The third kappa shape index (κ3) is 4.17. The van der Waals surface area contributed by atoms with Gasteiger partial charge in [0.15, 0.2) is 11.5 Å². The number of rotatable bonds is 7. The lowest BCUT2D eigenvalue weighted by molar-refractivity contribution is -0.118. The molecule has 0 radical (unpaired) electrons. The van der Waals surface area contributed by atoms with Gasteiger partial charge in [-0.1, -0.05) is 0 Å². The van der Waals surface area contributed by atoms with Crippen molar-refractivity contribution >= 4 is 18.0 Å². The van der Waals surface area contributed by atoms with Crippen molar-refractivity contribution in [1.82, 2.24) is 5.32 Å². The summed E-state index contributed by atoms with van der Waals surface area (Å²) in [5, 5.41) is 5.31. The number of hydrogen-bond donors (Lipinski definition) is 2. The average molecular weight is 266 g/mol. The van der Waals surface area contributed by atoms with Crippen LogP contribution in [-0.4, -0.2) is 33.1 Å². The molecule has 0 spiro atoms. The molecule has 0 aliphatic heterocycles. The van der Waals surface area contributed by atoms with Crippen LogP contribution in [0.25, 0.3) is 0 Å². The van der Waals surface area contributed by atoms with Crippen molar-refractivity contribution in [1.29, 1.82) is 0 Å². The van der Waals surface area contributed by atoms with Gasteiger partial charge in [-0.3, -0.25) is 9.59 Å². The molecule has 0 saturated carbocycles. The summed E-state index contributed by atoms with van der Waals surface area (Å²) in [4.78, 5) is 21.5. The molecule has 0 aromatic heterocycles. The highest BCUT2D eigenvalue weighted by molar-refractivity contribution is 5.76. The van der Waals surface area contributed by atoms with Gasteiger partial charge in [0.2, 0.25) is 12.3 Å². The molecular weight excluding hydrogens is 248 g/mol. The molecule has 0 heterocycles. The molecule has 1 aromatic carbocycles. The fourth-order valence-corrected chi connectivity index (χ4v) is 1.70. The molecule has 6 nitrogen and oxygen atoms in total. The zero-order chi connectivity index (χ0) is 14.3. The molecule has 1 aromatic rings. The number of amides is 2. The van der Waals surface area contributed by atoms with E-state index in [0.29, 0.717) is 36.6 Å². The zero-order valence-electron chi connectivity index (χ0n) is 11.3. The molecule has 0 saturated heterocycles. The molecule has 6 heteroatoms. The van der Waals surface area contributed by atoms with Gasteiger partial charge in [0, 0.05) is 25.2 Å². The fraction of sp³-hybridized carbons (Fsp3) is 0.385. The van der Waals surface area contributed by atoms with E-state index in [9.17, 15) is 9.59 Å². The summed E-state index contributed by atoms with van der Waals surface area (Å²) in [7, 11) is 3.07. The minimum atomic E-state index is -0.0922. The van der Waals surface area contributed by atoms with Crippen LogP contribution >= 0.6 is 0 Å². The third-order valence-electron chi connectivity index (χ3n) is 2.59. The van der Waals surface area contributed by atoms with Crippen molar-refractivity contribution in [2.75, 3.05) is 26.1 Å². The molecule has 0 fully saturated rings. The van der Waals surface area contributed by atoms with Crippen LogP contribution in [0.1, 0.15) is 12.5 Å². The third-order valence-corrected chi connectivity index (χ3v) is 2.59. The largest absolute Gasteiger partial charge is 0.493 e. The monoisotopic (exact) mass is 266 g/mol. The molecule has 104 valence electrons. The predicted molar refractivity (Wildman–Crippen MR) is 71.6 cm³/mol. The Balaban J connectivity index is 2.97. The molecule has 0 aliphatic carbocycles. The van der Waals surface area contributed by atoms with Crippen LogP contribution in [0.2, 0.25) is 0 Å². The second kappa shape index (κ2) is 7.25. The molecule has 0 bridgehead atoms. The van der Waals surface area contributed by atoms with Crippen LogP contribution in [-0.2, 0) is 16.0 Å². The van der Waals surface area contributed by atoms with Crippen molar-refractivity contribution in [3.05, 3.63) is 17.7 Å². The highest BCUT2D eigenvalue weighted by Crippen LogP contribution is 2.33. The van der Waals surface area contributed by atoms with E-state index in [1.165, 1.54) is 14.0 Å². The first-order valence-corrected chi connectivity index (χ1v) is 5.82. The van der Waals surface area contributed by atoms with Gasteiger partial charge in [0.25, 0.3) is 0 Å². The Morgan fingerprint density at radius 2 is 1.89 bits per heavy atom. The average Bonchev–Trinajstić information content (AvgIpc) is 2.39. The Hall–Kier alpha value is -2.24. The van der Waals surface area contributed by atoms with E-state index in [0.717, 1.165) is 5.56 Å². The summed E-state index contributed by atoms with van der Waals surface area (Å²) in [5.74, 6) is 1.03. The van der Waals surface area contributed by atoms with Crippen molar-refractivity contribution in [2.45, 2.75) is 13.3 Å². The van der Waals surface area contributed by atoms with Crippen LogP contribution in [0.5, 0.6) is 11.5 Å². The number of hydrogen-bond acceptors (Lipinski definition) is 4. The van der Waals surface area contributed by atoms with Crippen LogP contribution in [0.15, 0.2) is 12.1 Å². The Kier molecular flexibility index (Phi) is 5.66. The maximum Gasteiger partial charge on any atom is 0.216 e. The minimum absolute atomic E-state index is 0.0922. The Morgan fingerprint density at radius 3 is 2.42 bits per heavy atom. The Morgan fingerprint density at radius 1 is 1.26 bits per heavy atom. The van der Waals surface area contributed by atoms with E-state index in [4.69, 9.17) is 9.47 Å². The lowest BCUT2D eigenvalue weighted by Gasteiger charge is -2.14. The predicted octanol–water partition coefficient (Wildman–Crippen LogP) is 0.951. The van der Waals surface area contributed by atoms with E-state index in [-0.39, 0.29) is 5.91 Å². The maximum atomic E-state index is 10.8. The second-order valence-electron chi connectivity index (χ2n) is 3.86. The highest BCUT2D eigenvalue weighted by Gasteiger charge is 2.10. The van der Waals surface area contributed by atoms with E-state index in [1.807, 2.05) is 0 Å². The topological polar surface area (TPSA) is 76.7 Å². The molecule has 0 unspecified atom stereocenters. The normalized spacial score (nSPS) is 9.63. The number of carbonyl (C=O) groups excluding carboxylic acids is 2. The molecular formula is C13H18N2O4. The van der Waals surface area contributed by atoms with E-state index >= 15 is 0 Å². The number of nitrogens with one attached hydrogen (secondary N) is 2. The fourth-order valence-electron chi connectivity index (χ4n) is 1.70. The molecule has 1 rings (SSSR count). The second-order valence-corrected chi connectivity index (χ2v) is 3.86. The Bertz CT molecular complexity index is 460. The van der Waals surface area contributed by atoms with Gasteiger partial charge in [-0.15, -0.1) is 0 Å². The first-order valence-electron chi connectivity index (χ1n) is 5.82. The van der Waals surface area contributed by atoms with Crippen LogP contribution < -0.4 is 20.1 Å². The summed E-state index contributed by atoms with van der Waals surface area (Å²) >= 11 is 0. The van der Waals surface area contributed by atoms with Gasteiger partial charge in [0.1, 0.15) is 0 Å². The Labute approximate surface area is 112 Å². The summed E-state index contributed by atoms with van der Waals surface area (Å²) in [5.41, 5.74) is 1.50. The van der Waals surface area contributed by atoms with Gasteiger partial charge in [0.05, 0.1) is 14.2 Å². The summed E-state index contributed by atoms with van der Waals surface area (Å²) in [6.45, 7) is 1.94. The van der Waals surface area contributed by atoms with E-state index in [1.54, 1.807) is 19.2 Å². The van der Waals surface area contributed by atoms with Crippen molar-refractivity contribution in [2.24, 2.45) is 0 Å². The van der Waals surface area contributed by atoms with Crippen molar-refractivity contribution in [3.63, 3.8) is 0 Å². The first-order chi connectivity index (χ1) is 9.12. The standard InChI is InChI=1S/C13H18N2O4/c1-9(17)14-5-4-10-6-12(18-2)13(19-3)7-11(10)15-8-16/h6-8H,4-5H2,1-3H3,(H,14,17)(H,15,16). The summed E-state index contributed by atoms with van der Waals surface area (Å²) in [6.07, 6.45) is 1.18. The van der Waals surface area contributed by atoms with Gasteiger partial charge >= 0.3 is 0 Å². The number of benzene rings is 1. The summed E-state index contributed by atoms with van der Waals surface area (Å²) in [6, 6.07) is 3.48. The minimum Gasteiger partial charge on any atom is -0.493 e. The number of ether oxygens (including phenoxy) is 2. The van der Waals surface area contributed by atoms with Crippen molar-refractivity contribution < 1.29 is 19.1 Å². The van der Waals surface area contributed by atoms with Crippen LogP contribution in [0, 0.1) is 0 Å². The molecule has 2 amide bonds. The van der Waals surface area contributed by atoms with E-state index < -0.39 is 0 Å². The highest BCUT2D eigenvalue weighted by atomic mass is 16.5. The lowest BCUT2D eigenvalue weighted by Crippen LogP contribution is -2.22. The quantitative estimate of drug-likeness (QED) is 0.720. The van der Waals surface area contributed by atoms with Gasteiger partial charge in [-0.25, -0.2) is 0 Å². The zero-order valence-corrected chi connectivity index (χ0v) is 11.3. The van der Waals surface area contributed by atoms with Gasteiger partial charge in [-0.2, -0.15) is 0 Å². The van der Waals surface area contributed by atoms with Crippen molar-refractivity contribution in [3.8, 4) is 11.5 Å². The molecule has 19 heavy (non-hydrogen) atoms. The SMILES string of the molecule is COc1cc(CCNC(C)=O)c(NC=O)cc1OC. The molecule has 0 atom stereocenters. The maximum absolute atomic E-state index is 10.8. The van der Waals surface area contributed by atoms with Crippen LogP contribution in [0.4, 0.5) is 5.69 Å². The van der Waals surface area contributed by atoms with Crippen LogP contribution in [0.3, 0.4) is 0 Å². The lowest BCUT2D eigenvalue weighted by atomic mass is 10.1. The molecule has 2 N–H and O–H groups in total. The molecule has 0 aliphatic rings. The van der Waals surface area contributed by atoms with E-state index in [2.05, 4.69) is 10.6 Å². The number of carbonyl (C=O) groups is 2. The first kappa shape index (κ1) is 14.8.